The Balaban J connectivity index is 0. The Morgan fingerprint density at radius 3 is 1.38 bits per heavy atom. The van der Waals surface area contributed by atoms with Crippen LogP contribution in [0.3, 0.4) is 0 Å². The third-order valence-corrected chi connectivity index (χ3v) is 11.2. The van der Waals surface area contributed by atoms with Crippen LogP contribution in [0.15, 0.2) is 0 Å². The number of hydrogen-bond donors (Lipinski definition) is 4. The van der Waals surface area contributed by atoms with E-state index in [1.165, 1.54) is 0 Å². The van der Waals surface area contributed by atoms with Gasteiger partial charge in [0.2, 0.25) is 0 Å². The van der Waals surface area contributed by atoms with Gasteiger partial charge in [-0.1, -0.05) is 13.8 Å². The lowest BCUT2D eigenvalue weighted by Crippen LogP contribution is -2.60. The summed E-state index contributed by atoms with van der Waals surface area (Å²) >= 11 is 0. The Bertz CT molecular complexity index is 346. The molecule has 178 valence electrons. The van der Waals surface area contributed by atoms with Crippen molar-refractivity contribution >= 4 is 17.6 Å². The van der Waals surface area contributed by atoms with Gasteiger partial charge in [-0.25, -0.2) is 0 Å². The lowest BCUT2D eigenvalue weighted by molar-refractivity contribution is 0.106. The molecule has 10 nitrogen and oxygen atoms in total. The first kappa shape index (κ1) is 31.2. The highest BCUT2D eigenvalue weighted by Gasteiger charge is 2.46. The van der Waals surface area contributed by atoms with Gasteiger partial charge in [0.05, 0.1) is 11.3 Å². The molecule has 0 saturated carbocycles. The van der Waals surface area contributed by atoms with Gasteiger partial charge in [-0.3, -0.25) is 0 Å². The van der Waals surface area contributed by atoms with Crippen molar-refractivity contribution < 1.29 is 26.6 Å². The molecule has 0 aliphatic carbocycles. The van der Waals surface area contributed by atoms with Gasteiger partial charge >= 0.3 is 17.6 Å². The maximum atomic E-state index is 5.46. The van der Waals surface area contributed by atoms with Crippen LogP contribution in [-0.2, 0) is 26.6 Å². The first-order chi connectivity index (χ1) is 13.9. The summed E-state index contributed by atoms with van der Waals surface area (Å²) in [6.45, 7) is 7.35. The first-order valence-electron chi connectivity index (χ1n) is 10.0. The van der Waals surface area contributed by atoms with Gasteiger partial charge in [-0.05, 0) is 19.9 Å². The van der Waals surface area contributed by atoms with Gasteiger partial charge in [-0.15, -0.1) is 0 Å². The zero-order chi connectivity index (χ0) is 22.8. The van der Waals surface area contributed by atoms with Crippen molar-refractivity contribution in [2.45, 2.75) is 38.0 Å². The lowest BCUT2D eigenvalue weighted by atomic mass is 10.4. The van der Waals surface area contributed by atoms with E-state index in [9.17, 15) is 0 Å². The fraction of sp³-hybridized carbons (Fsp3) is 1.00. The molecule has 0 aromatic carbocycles. The van der Waals surface area contributed by atoms with Gasteiger partial charge in [0.15, 0.2) is 0 Å². The summed E-state index contributed by atoms with van der Waals surface area (Å²) in [6, 6.07) is 0. The maximum Gasteiger partial charge on any atom is 0.517 e. The smallest absolute Gasteiger partial charge is 0.376 e. The van der Waals surface area contributed by atoms with Gasteiger partial charge in [0.1, 0.15) is 0 Å². The van der Waals surface area contributed by atoms with Crippen molar-refractivity contribution in [2.24, 2.45) is 5.73 Å². The molecule has 0 saturated heterocycles. The SMILES string of the molecule is CCC(NC)[Si](OC)(OC)OC.CCC(NCCNCCN)[Si](OC)(OC)OC. The molecule has 0 spiro atoms. The summed E-state index contributed by atoms with van der Waals surface area (Å²) in [7, 11) is 6.62. The summed E-state index contributed by atoms with van der Waals surface area (Å²) in [5, 5.41) is 9.76. The average molecular weight is 459 g/mol. The Kier molecular flexibility index (Phi) is 20.2. The number of hydrogen-bond acceptors (Lipinski definition) is 10. The molecule has 0 fully saturated rings. The van der Waals surface area contributed by atoms with Gasteiger partial charge in [0, 0.05) is 68.8 Å². The highest BCUT2D eigenvalue weighted by Crippen LogP contribution is 2.14. The van der Waals surface area contributed by atoms with E-state index in [0.29, 0.717) is 6.54 Å². The minimum absolute atomic E-state index is 0.113. The number of nitrogens with one attached hydrogen (secondary N) is 3. The molecular formula is C17H46N4O6Si2. The molecule has 0 aliphatic heterocycles. The zero-order valence-corrected chi connectivity index (χ0v) is 21.9. The van der Waals surface area contributed by atoms with E-state index in [-0.39, 0.29) is 11.3 Å². The monoisotopic (exact) mass is 458 g/mol. The minimum atomic E-state index is -2.58. The highest BCUT2D eigenvalue weighted by atomic mass is 28.4. The van der Waals surface area contributed by atoms with Crippen LogP contribution in [-0.4, -0.2) is 105 Å². The van der Waals surface area contributed by atoms with Crippen LogP contribution in [0.2, 0.25) is 0 Å². The summed E-state index contributed by atoms with van der Waals surface area (Å²) in [6.07, 6.45) is 1.83. The first-order valence-corrected chi connectivity index (χ1v) is 13.6. The largest absolute Gasteiger partial charge is 0.517 e. The van der Waals surface area contributed by atoms with Crippen LogP contribution in [0.25, 0.3) is 0 Å². The van der Waals surface area contributed by atoms with E-state index in [1.807, 2.05) is 7.05 Å². The second kappa shape index (κ2) is 18.8. The molecule has 2 unspecified atom stereocenters. The molecule has 12 heteroatoms. The predicted molar refractivity (Wildman–Crippen MR) is 121 cm³/mol. The Hall–Kier alpha value is 0.0338. The van der Waals surface area contributed by atoms with Crippen LogP contribution in [0, 0.1) is 0 Å². The third-order valence-electron chi connectivity index (χ3n) is 4.74. The maximum absolute atomic E-state index is 5.46. The second-order valence-electron chi connectivity index (χ2n) is 6.13. The summed E-state index contributed by atoms with van der Waals surface area (Å²) in [4.78, 5) is 0. The fourth-order valence-electron chi connectivity index (χ4n) is 3.07. The van der Waals surface area contributed by atoms with E-state index in [4.69, 9.17) is 32.3 Å². The molecule has 0 bridgehead atoms. The Morgan fingerprint density at radius 1 is 0.690 bits per heavy atom. The molecular weight excluding hydrogens is 412 g/mol. The number of nitrogens with two attached hydrogens (primary N) is 1. The third kappa shape index (κ3) is 10.3. The summed E-state index contributed by atoms with van der Waals surface area (Å²) in [5.41, 5.74) is 5.67. The predicted octanol–water partition coefficient (Wildman–Crippen LogP) is -0.278. The van der Waals surface area contributed by atoms with E-state index in [2.05, 4.69) is 29.8 Å². The molecule has 0 heterocycles. The van der Waals surface area contributed by atoms with Crippen LogP contribution >= 0.6 is 0 Å². The molecule has 29 heavy (non-hydrogen) atoms. The Labute approximate surface area is 180 Å². The van der Waals surface area contributed by atoms with Gasteiger partial charge < -0.3 is 48.2 Å². The lowest BCUT2D eigenvalue weighted by Gasteiger charge is -2.32. The van der Waals surface area contributed by atoms with E-state index in [0.717, 1.165) is 32.5 Å². The van der Waals surface area contributed by atoms with Crippen LogP contribution in [0.1, 0.15) is 26.7 Å². The van der Waals surface area contributed by atoms with Crippen molar-refractivity contribution in [2.75, 3.05) is 75.9 Å². The molecule has 2 atom stereocenters. The summed E-state index contributed by atoms with van der Waals surface area (Å²) in [5.74, 6) is 0. The van der Waals surface area contributed by atoms with Crippen LogP contribution in [0.5, 0.6) is 0 Å². The van der Waals surface area contributed by atoms with Crippen molar-refractivity contribution in [3.8, 4) is 0 Å². The minimum Gasteiger partial charge on any atom is -0.376 e. The fourth-order valence-corrected chi connectivity index (χ4v) is 7.52. The molecule has 0 rings (SSSR count). The molecule has 0 radical (unpaired) electrons. The van der Waals surface area contributed by atoms with Gasteiger partial charge in [0.25, 0.3) is 0 Å². The molecule has 0 amide bonds. The summed E-state index contributed by atoms with van der Waals surface area (Å²) < 4.78 is 32.3. The van der Waals surface area contributed by atoms with E-state index >= 15 is 0 Å². The highest BCUT2D eigenvalue weighted by molar-refractivity contribution is 6.62. The molecule has 0 aromatic rings. The van der Waals surface area contributed by atoms with E-state index < -0.39 is 17.6 Å². The normalized spacial score (nSPS) is 14.3. The number of rotatable bonds is 17. The van der Waals surface area contributed by atoms with Crippen molar-refractivity contribution in [3.05, 3.63) is 0 Å². The average Bonchev–Trinajstić information content (AvgIpc) is 2.77. The van der Waals surface area contributed by atoms with Crippen molar-refractivity contribution in [3.63, 3.8) is 0 Å². The standard InChI is InChI=1S/C10H27N3O3Si.C7H19NO3Si/c1-5-10(13-9-8-12-7-6-11)17(14-2,15-3)16-4;1-6-7(8-2)12(9-3,10-4)11-5/h10,12-13H,5-9,11H2,1-4H3;7-8H,6H2,1-5H3. The van der Waals surface area contributed by atoms with Crippen LogP contribution in [0.4, 0.5) is 0 Å². The zero-order valence-electron chi connectivity index (χ0n) is 19.9. The topological polar surface area (TPSA) is 117 Å². The molecule has 5 N–H and O–H groups in total. The quantitative estimate of drug-likeness (QED) is 0.171. The Morgan fingerprint density at radius 2 is 1.10 bits per heavy atom. The van der Waals surface area contributed by atoms with Crippen LogP contribution < -0.4 is 21.7 Å². The van der Waals surface area contributed by atoms with Crippen molar-refractivity contribution in [1.82, 2.24) is 16.0 Å². The second-order valence-corrected chi connectivity index (χ2v) is 12.4. The van der Waals surface area contributed by atoms with E-state index in [1.54, 1.807) is 42.7 Å². The molecule has 0 aromatic heterocycles. The van der Waals surface area contributed by atoms with Crippen molar-refractivity contribution in [1.29, 1.82) is 0 Å². The molecule has 0 aliphatic rings. The van der Waals surface area contributed by atoms with Gasteiger partial charge in [-0.2, -0.15) is 0 Å².